The van der Waals surface area contributed by atoms with Crippen molar-refractivity contribution in [3.05, 3.63) is 65.7 Å². The van der Waals surface area contributed by atoms with E-state index in [0.717, 1.165) is 55.4 Å². The molecule has 1 fully saturated rings. The number of fused-ring (bicyclic) bond motifs is 1. The molecule has 1 aromatic heterocycles. The molecule has 2 aliphatic heterocycles. The maximum absolute atomic E-state index is 13.2. The quantitative estimate of drug-likeness (QED) is 0.515. The summed E-state index contributed by atoms with van der Waals surface area (Å²) in [6.45, 7) is 3.56. The van der Waals surface area contributed by atoms with Crippen molar-refractivity contribution in [2.45, 2.75) is 32.0 Å². The number of anilines is 1. The van der Waals surface area contributed by atoms with Gasteiger partial charge in [-0.1, -0.05) is 6.07 Å². The molecule has 0 radical (unpaired) electrons. The van der Waals surface area contributed by atoms with Gasteiger partial charge < -0.3 is 29.4 Å². The molecule has 1 saturated heterocycles. The summed E-state index contributed by atoms with van der Waals surface area (Å²) in [7, 11) is 3.56. The Morgan fingerprint density at radius 1 is 1.14 bits per heavy atom. The van der Waals surface area contributed by atoms with Gasteiger partial charge in [-0.15, -0.1) is 0 Å². The van der Waals surface area contributed by atoms with Crippen molar-refractivity contribution in [2.75, 3.05) is 32.3 Å². The van der Waals surface area contributed by atoms with Crippen LogP contribution in [0, 0.1) is 0 Å². The van der Waals surface area contributed by atoms with Gasteiger partial charge in [0.25, 0.3) is 5.91 Å². The minimum absolute atomic E-state index is 0.0920. The van der Waals surface area contributed by atoms with E-state index in [1.165, 1.54) is 5.56 Å². The molecule has 2 aromatic carbocycles. The number of amides is 1. The van der Waals surface area contributed by atoms with Crippen LogP contribution in [0.3, 0.4) is 0 Å². The number of piperidine rings is 1. The molecule has 0 bridgehead atoms. The van der Waals surface area contributed by atoms with Gasteiger partial charge in [0.1, 0.15) is 5.75 Å². The number of carbonyl (C=O) groups excluding carboxylic acids is 1. The van der Waals surface area contributed by atoms with E-state index < -0.39 is 0 Å². The number of aryl methyl sites for hydroxylation is 1. The first-order chi connectivity index (χ1) is 17.1. The third-order valence-electron chi connectivity index (χ3n) is 6.61. The predicted octanol–water partition coefficient (Wildman–Crippen LogP) is 3.16. The van der Waals surface area contributed by atoms with Gasteiger partial charge in [0.15, 0.2) is 11.5 Å². The number of ether oxygens (including phenoxy) is 3. The van der Waals surface area contributed by atoms with Crippen molar-refractivity contribution in [3.63, 3.8) is 0 Å². The number of imidazole rings is 1. The third kappa shape index (κ3) is 5.35. The molecule has 5 rings (SSSR count). The van der Waals surface area contributed by atoms with Gasteiger partial charge in [-0.3, -0.25) is 9.69 Å². The molecule has 2 aliphatic rings. The molecule has 2 N–H and O–H groups in total. The van der Waals surface area contributed by atoms with Crippen LogP contribution in [0.2, 0.25) is 0 Å². The number of methoxy groups -OCH3 is 1. The van der Waals surface area contributed by atoms with E-state index in [-0.39, 0.29) is 18.7 Å². The van der Waals surface area contributed by atoms with Crippen molar-refractivity contribution in [3.8, 4) is 17.2 Å². The van der Waals surface area contributed by atoms with Crippen LogP contribution in [0.15, 0.2) is 48.9 Å². The fourth-order valence-electron chi connectivity index (χ4n) is 4.53. The van der Waals surface area contributed by atoms with Crippen molar-refractivity contribution >= 4 is 11.6 Å². The first kappa shape index (κ1) is 23.0. The molecule has 184 valence electrons. The SMILES string of the molecule is COc1ccc(NCc2cncn2C)c(C(=O)NC2CCN(Cc3ccc4c(c3)OCO4)CC2)c1. The summed E-state index contributed by atoms with van der Waals surface area (Å²) in [6.07, 6.45) is 5.38. The van der Waals surface area contributed by atoms with Crippen LogP contribution in [0.4, 0.5) is 5.69 Å². The maximum atomic E-state index is 13.2. The first-order valence-corrected chi connectivity index (χ1v) is 11.9. The van der Waals surface area contributed by atoms with E-state index in [1.807, 2.05) is 36.0 Å². The lowest BCUT2D eigenvalue weighted by Crippen LogP contribution is -2.44. The highest BCUT2D eigenvalue weighted by Gasteiger charge is 2.23. The van der Waals surface area contributed by atoms with Crippen LogP contribution in [-0.4, -0.2) is 53.4 Å². The summed E-state index contributed by atoms with van der Waals surface area (Å²) < 4.78 is 18.2. The van der Waals surface area contributed by atoms with E-state index in [2.05, 4.69) is 32.7 Å². The highest BCUT2D eigenvalue weighted by atomic mass is 16.7. The van der Waals surface area contributed by atoms with Crippen LogP contribution in [0.5, 0.6) is 17.2 Å². The Hall–Kier alpha value is -3.72. The number of hydrogen-bond donors (Lipinski definition) is 2. The summed E-state index contributed by atoms with van der Waals surface area (Å²) in [6, 6.07) is 11.8. The molecule has 1 amide bonds. The largest absolute Gasteiger partial charge is 0.497 e. The van der Waals surface area contributed by atoms with Crippen LogP contribution in [-0.2, 0) is 20.1 Å². The fraction of sp³-hybridized carbons (Fsp3) is 0.385. The third-order valence-corrected chi connectivity index (χ3v) is 6.61. The Bertz CT molecular complexity index is 1190. The molecule has 9 nitrogen and oxygen atoms in total. The average molecular weight is 478 g/mol. The Labute approximate surface area is 205 Å². The predicted molar refractivity (Wildman–Crippen MR) is 132 cm³/mol. The number of benzene rings is 2. The van der Waals surface area contributed by atoms with Gasteiger partial charge in [0.05, 0.1) is 31.2 Å². The number of likely N-dealkylation sites (tertiary alicyclic amines) is 1. The van der Waals surface area contributed by atoms with Crippen LogP contribution in [0.1, 0.15) is 34.5 Å². The highest BCUT2D eigenvalue weighted by Crippen LogP contribution is 2.33. The summed E-state index contributed by atoms with van der Waals surface area (Å²) in [5.41, 5.74) is 3.58. The molecule has 0 unspecified atom stereocenters. The van der Waals surface area contributed by atoms with Gasteiger partial charge in [-0.25, -0.2) is 4.98 Å². The number of nitrogens with one attached hydrogen (secondary N) is 2. The minimum Gasteiger partial charge on any atom is -0.497 e. The number of carbonyl (C=O) groups is 1. The maximum Gasteiger partial charge on any atom is 0.253 e. The van der Waals surface area contributed by atoms with Crippen LogP contribution >= 0.6 is 0 Å². The summed E-state index contributed by atoms with van der Waals surface area (Å²) in [4.78, 5) is 19.8. The second-order valence-corrected chi connectivity index (χ2v) is 8.97. The lowest BCUT2D eigenvalue weighted by Gasteiger charge is -2.32. The fourth-order valence-corrected chi connectivity index (χ4v) is 4.53. The zero-order valence-electron chi connectivity index (χ0n) is 20.1. The summed E-state index contributed by atoms with van der Waals surface area (Å²) >= 11 is 0. The molecule has 3 aromatic rings. The summed E-state index contributed by atoms with van der Waals surface area (Å²) in [5.74, 6) is 2.18. The van der Waals surface area contributed by atoms with Crippen molar-refractivity contribution in [1.82, 2.24) is 19.8 Å². The molecule has 0 saturated carbocycles. The average Bonchev–Trinajstić information content (AvgIpc) is 3.52. The first-order valence-electron chi connectivity index (χ1n) is 11.9. The molecule has 3 heterocycles. The van der Waals surface area contributed by atoms with E-state index >= 15 is 0 Å². The number of hydrogen-bond acceptors (Lipinski definition) is 7. The zero-order chi connectivity index (χ0) is 24.2. The molecule has 0 aliphatic carbocycles. The molecule has 9 heteroatoms. The van der Waals surface area contributed by atoms with Gasteiger partial charge >= 0.3 is 0 Å². The number of nitrogens with zero attached hydrogens (tertiary/aromatic N) is 3. The monoisotopic (exact) mass is 477 g/mol. The van der Waals surface area contributed by atoms with E-state index in [0.29, 0.717) is 17.9 Å². The van der Waals surface area contributed by atoms with Gasteiger partial charge in [0, 0.05) is 44.6 Å². The topological polar surface area (TPSA) is 89.9 Å². The Kier molecular flexibility index (Phi) is 6.76. The van der Waals surface area contributed by atoms with E-state index in [9.17, 15) is 4.79 Å². The number of aromatic nitrogens is 2. The second-order valence-electron chi connectivity index (χ2n) is 8.97. The van der Waals surface area contributed by atoms with Gasteiger partial charge in [-0.2, -0.15) is 0 Å². The minimum atomic E-state index is -0.0920. The van der Waals surface area contributed by atoms with Crippen molar-refractivity contribution < 1.29 is 19.0 Å². The molecule has 35 heavy (non-hydrogen) atoms. The van der Waals surface area contributed by atoms with Crippen molar-refractivity contribution in [2.24, 2.45) is 7.05 Å². The number of rotatable bonds is 8. The van der Waals surface area contributed by atoms with E-state index in [1.54, 1.807) is 19.5 Å². The Balaban J connectivity index is 1.18. The normalized spacial score (nSPS) is 15.7. The zero-order valence-corrected chi connectivity index (χ0v) is 20.1. The molecular formula is C26H31N5O4. The standard InChI is InChI=1S/C26H31N5O4/c1-30-16-27-13-20(30)14-28-23-5-4-21(33-2)12-22(23)26(32)29-19-7-9-31(10-8-19)15-18-3-6-24-25(11-18)35-17-34-24/h3-6,11-13,16,19,28H,7-10,14-15,17H2,1-2H3,(H,29,32). The Morgan fingerprint density at radius 3 is 2.74 bits per heavy atom. The lowest BCUT2D eigenvalue weighted by atomic mass is 10.0. The lowest BCUT2D eigenvalue weighted by molar-refractivity contribution is 0.0909. The molecule has 0 spiro atoms. The highest BCUT2D eigenvalue weighted by molar-refractivity contribution is 6.00. The van der Waals surface area contributed by atoms with Gasteiger partial charge in [0.2, 0.25) is 6.79 Å². The van der Waals surface area contributed by atoms with Crippen LogP contribution in [0.25, 0.3) is 0 Å². The van der Waals surface area contributed by atoms with Crippen molar-refractivity contribution in [1.29, 1.82) is 0 Å². The van der Waals surface area contributed by atoms with Gasteiger partial charge in [-0.05, 0) is 48.7 Å². The second kappa shape index (κ2) is 10.3. The Morgan fingerprint density at radius 2 is 1.97 bits per heavy atom. The van der Waals surface area contributed by atoms with Crippen LogP contribution < -0.4 is 24.8 Å². The van der Waals surface area contributed by atoms with E-state index in [4.69, 9.17) is 14.2 Å². The molecular weight excluding hydrogens is 446 g/mol. The summed E-state index contributed by atoms with van der Waals surface area (Å²) in [5, 5.41) is 6.61. The molecule has 0 atom stereocenters. The smallest absolute Gasteiger partial charge is 0.253 e.